The smallest absolute Gasteiger partial charge is 0.231 e. The standard InChI is InChI=1S/C16H15ClN4OS/c1-3-9-18-14(22)11-23-16-20-19-15(21(16)10-4-2)12-5-7-13(17)8-6-12/h1,4-8H,2,9-11H2,(H,18,22). The van der Waals surface area contributed by atoms with Crippen molar-refractivity contribution in [2.45, 2.75) is 11.7 Å². The highest BCUT2D eigenvalue weighted by atomic mass is 35.5. The summed E-state index contributed by atoms with van der Waals surface area (Å²) < 4.78 is 1.90. The summed E-state index contributed by atoms with van der Waals surface area (Å²) in [6.07, 6.45) is 6.86. The predicted octanol–water partition coefficient (Wildman–Crippen LogP) is 2.63. The first-order valence-corrected chi connectivity index (χ1v) is 8.15. The molecule has 7 heteroatoms. The van der Waals surface area contributed by atoms with E-state index in [0.717, 1.165) is 5.56 Å². The van der Waals surface area contributed by atoms with E-state index < -0.39 is 0 Å². The molecule has 1 N–H and O–H groups in total. The maximum Gasteiger partial charge on any atom is 0.231 e. The fraction of sp³-hybridized carbons (Fsp3) is 0.188. The molecule has 0 aliphatic carbocycles. The fourth-order valence-corrected chi connectivity index (χ4v) is 2.74. The third-order valence-electron chi connectivity index (χ3n) is 2.85. The summed E-state index contributed by atoms with van der Waals surface area (Å²) in [5, 5.41) is 12.3. The van der Waals surface area contributed by atoms with Crippen molar-refractivity contribution >= 4 is 29.3 Å². The Kier molecular flexibility index (Phi) is 6.27. The van der Waals surface area contributed by atoms with Crippen LogP contribution in [0.2, 0.25) is 5.02 Å². The molecular weight excluding hydrogens is 332 g/mol. The molecule has 2 aromatic rings. The fourth-order valence-electron chi connectivity index (χ4n) is 1.83. The third kappa shape index (κ3) is 4.62. The zero-order valence-electron chi connectivity index (χ0n) is 12.3. The average Bonchev–Trinajstić information content (AvgIpc) is 2.95. The Morgan fingerprint density at radius 3 is 2.83 bits per heavy atom. The third-order valence-corrected chi connectivity index (χ3v) is 4.07. The molecule has 0 saturated carbocycles. The van der Waals surface area contributed by atoms with Gasteiger partial charge in [0.25, 0.3) is 0 Å². The van der Waals surface area contributed by atoms with Crippen LogP contribution in [0.15, 0.2) is 42.1 Å². The van der Waals surface area contributed by atoms with Gasteiger partial charge >= 0.3 is 0 Å². The van der Waals surface area contributed by atoms with Crippen molar-refractivity contribution in [3.05, 3.63) is 41.9 Å². The molecule has 1 amide bonds. The van der Waals surface area contributed by atoms with E-state index in [1.165, 1.54) is 11.8 Å². The van der Waals surface area contributed by atoms with Gasteiger partial charge in [-0.3, -0.25) is 9.36 Å². The van der Waals surface area contributed by atoms with Gasteiger partial charge in [0.05, 0.1) is 12.3 Å². The van der Waals surface area contributed by atoms with E-state index in [1.54, 1.807) is 18.2 Å². The zero-order valence-corrected chi connectivity index (χ0v) is 13.9. The second-order valence-electron chi connectivity index (χ2n) is 4.48. The Labute approximate surface area is 144 Å². The summed E-state index contributed by atoms with van der Waals surface area (Å²) in [5.74, 6) is 3.14. The topological polar surface area (TPSA) is 59.8 Å². The Morgan fingerprint density at radius 2 is 2.17 bits per heavy atom. The van der Waals surface area contributed by atoms with Crippen LogP contribution in [0, 0.1) is 12.3 Å². The van der Waals surface area contributed by atoms with Crippen LogP contribution in [0.25, 0.3) is 11.4 Å². The van der Waals surface area contributed by atoms with Crippen LogP contribution >= 0.6 is 23.4 Å². The Hall–Kier alpha value is -2.23. The molecule has 0 aliphatic rings. The van der Waals surface area contributed by atoms with E-state index in [-0.39, 0.29) is 18.2 Å². The summed E-state index contributed by atoms with van der Waals surface area (Å²) >= 11 is 7.21. The normalized spacial score (nSPS) is 10.1. The van der Waals surface area contributed by atoms with Gasteiger partial charge in [-0.05, 0) is 24.3 Å². The number of nitrogens with one attached hydrogen (secondary N) is 1. The molecule has 0 radical (unpaired) electrons. The summed E-state index contributed by atoms with van der Waals surface area (Å²) in [5.41, 5.74) is 0.896. The lowest BCUT2D eigenvalue weighted by Crippen LogP contribution is -2.25. The molecule has 0 fully saturated rings. The van der Waals surface area contributed by atoms with E-state index in [4.69, 9.17) is 18.0 Å². The molecule has 0 bridgehead atoms. The minimum Gasteiger partial charge on any atom is -0.344 e. The Bertz CT molecular complexity index is 734. The molecule has 0 unspecified atom stereocenters. The lowest BCUT2D eigenvalue weighted by atomic mass is 10.2. The molecular formula is C16H15ClN4OS. The zero-order chi connectivity index (χ0) is 16.7. The van der Waals surface area contributed by atoms with Crippen LogP contribution in [0.4, 0.5) is 0 Å². The first kappa shape index (κ1) is 17.1. The number of aromatic nitrogens is 3. The van der Waals surface area contributed by atoms with Gasteiger partial charge in [0, 0.05) is 17.1 Å². The molecule has 0 spiro atoms. The maximum absolute atomic E-state index is 11.6. The van der Waals surface area contributed by atoms with Crippen molar-refractivity contribution in [2.24, 2.45) is 0 Å². The van der Waals surface area contributed by atoms with Gasteiger partial charge in [0.2, 0.25) is 5.91 Å². The SMILES string of the molecule is C#CCNC(=O)CSc1nnc(-c2ccc(Cl)cc2)n1CC=C. The quantitative estimate of drug-likeness (QED) is 0.475. The van der Waals surface area contributed by atoms with Crippen LogP contribution in [0.1, 0.15) is 0 Å². The number of hydrogen-bond donors (Lipinski definition) is 1. The van der Waals surface area contributed by atoms with Gasteiger partial charge in [0.15, 0.2) is 11.0 Å². The number of terminal acetylenes is 1. The van der Waals surface area contributed by atoms with Gasteiger partial charge in [-0.15, -0.1) is 23.2 Å². The van der Waals surface area contributed by atoms with Crippen molar-refractivity contribution < 1.29 is 4.79 Å². The number of hydrogen-bond acceptors (Lipinski definition) is 4. The van der Waals surface area contributed by atoms with Crippen LogP contribution in [0.5, 0.6) is 0 Å². The number of rotatable bonds is 7. The van der Waals surface area contributed by atoms with Gasteiger partial charge in [-0.25, -0.2) is 0 Å². The minimum absolute atomic E-state index is 0.144. The number of carbonyl (C=O) groups excluding carboxylic acids is 1. The largest absolute Gasteiger partial charge is 0.344 e. The Balaban J connectivity index is 2.18. The van der Waals surface area contributed by atoms with Crippen molar-refractivity contribution in [1.29, 1.82) is 0 Å². The van der Waals surface area contributed by atoms with Gasteiger partial charge in [0.1, 0.15) is 0 Å². The first-order valence-electron chi connectivity index (χ1n) is 6.78. The molecule has 1 aromatic carbocycles. The van der Waals surface area contributed by atoms with E-state index in [9.17, 15) is 4.79 Å². The van der Waals surface area contributed by atoms with E-state index in [2.05, 4.69) is 28.0 Å². The number of amides is 1. The molecule has 1 heterocycles. The van der Waals surface area contributed by atoms with Crippen molar-refractivity contribution in [3.63, 3.8) is 0 Å². The molecule has 2 rings (SSSR count). The maximum atomic E-state index is 11.6. The van der Waals surface area contributed by atoms with E-state index in [0.29, 0.717) is 22.5 Å². The molecule has 23 heavy (non-hydrogen) atoms. The van der Waals surface area contributed by atoms with E-state index in [1.807, 2.05) is 16.7 Å². The number of nitrogens with zero attached hydrogens (tertiary/aromatic N) is 3. The van der Waals surface area contributed by atoms with Crippen molar-refractivity contribution in [2.75, 3.05) is 12.3 Å². The monoisotopic (exact) mass is 346 g/mol. The Morgan fingerprint density at radius 1 is 1.43 bits per heavy atom. The summed E-state index contributed by atoms with van der Waals surface area (Å²) in [6, 6.07) is 7.34. The second kappa shape index (κ2) is 8.42. The van der Waals surface area contributed by atoms with Crippen molar-refractivity contribution in [3.8, 4) is 23.7 Å². The molecule has 0 saturated heterocycles. The first-order chi connectivity index (χ1) is 11.2. The van der Waals surface area contributed by atoms with Gasteiger partial charge in [-0.2, -0.15) is 0 Å². The summed E-state index contributed by atoms with van der Waals surface area (Å²) in [7, 11) is 0. The molecule has 0 aliphatic heterocycles. The van der Waals surface area contributed by atoms with Crippen molar-refractivity contribution in [1.82, 2.24) is 20.1 Å². The number of carbonyl (C=O) groups is 1. The van der Waals surface area contributed by atoms with Gasteiger partial charge < -0.3 is 5.32 Å². The average molecular weight is 347 g/mol. The molecule has 1 aromatic heterocycles. The summed E-state index contributed by atoms with van der Waals surface area (Å²) in [4.78, 5) is 11.6. The highest BCUT2D eigenvalue weighted by Crippen LogP contribution is 2.25. The molecule has 0 atom stereocenters. The minimum atomic E-state index is -0.144. The lowest BCUT2D eigenvalue weighted by Gasteiger charge is -2.07. The number of halogens is 1. The molecule has 5 nitrogen and oxygen atoms in total. The number of allylic oxidation sites excluding steroid dienone is 1. The predicted molar refractivity (Wildman–Crippen MR) is 93.2 cm³/mol. The lowest BCUT2D eigenvalue weighted by molar-refractivity contribution is -0.118. The second-order valence-corrected chi connectivity index (χ2v) is 5.86. The van der Waals surface area contributed by atoms with E-state index >= 15 is 0 Å². The van der Waals surface area contributed by atoms with Crippen LogP contribution < -0.4 is 5.32 Å². The van der Waals surface area contributed by atoms with Crippen LogP contribution in [-0.2, 0) is 11.3 Å². The highest BCUT2D eigenvalue weighted by molar-refractivity contribution is 7.99. The number of benzene rings is 1. The molecule has 118 valence electrons. The van der Waals surface area contributed by atoms with Crippen LogP contribution in [0.3, 0.4) is 0 Å². The highest BCUT2D eigenvalue weighted by Gasteiger charge is 2.14. The number of thioether (sulfide) groups is 1. The van der Waals surface area contributed by atoms with Crippen LogP contribution in [-0.4, -0.2) is 33.0 Å². The van der Waals surface area contributed by atoms with Gasteiger partial charge in [-0.1, -0.05) is 35.4 Å². The summed E-state index contributed by atoms with van der Waals surface area (Å²) in [6.45, 7) is 4.51.